The van der Waals surface area contributed by atoms with Crippen molar-refractivity contribution in [3.05, 3.63) is 54.0 Å². The van der Waals surface area contributed by atoms with Crippen LogP contribution < -0.4 is 0 Å². The molecule has 0 radical (unpaired) electrons. The maximum Gasteiger partial charge on any atom is 0.409 e. The zero-order chi connectivity index (χ0) is 19.8. The molecule has 1 atom stereocenters. The molecule has 1 unspecified atom stereocenters. The molecule has 0 saturated carbocycles. The summed E-state index contributed by atoms with van der Waals surface area (Å²) in [5.41, 5.74) is -0.322. The Hall–Kier alpha value is -2.60. The molecule has 1 aromatic carbocycles. The predicted molar refractivity (Wildman–Crippen MR) is 85.5 cm³/mol. The molecular formula is C15H13F4N5O2S. The highest BCUT2D eigenvalue weighted by molar-refractivity contribution is 7.89. The summed E-state index contributed by atoms with van der Waals surface area (Å²) in [6, 6.07) is 3.25. The molecule has 0 N–H and O–H groups in total. The van der Waals surface area contributed by atoms with Crippen molar-refractivity contribution in [3.8, 4) is 0 Å². The lowest BCUT2D eigenvalue weighted by Gasteiger charge is -2.31. The van der Waals surface area contributed by atoms with Crippen LogP contribution in [-0.2, 0) is 10.0 Å². The van der Waals surface area contributed by atoms with Crippen molar-refractivity contribution in [1.29, 1.82) is 0 Å². The van der Waals surface area contributed by atoms with Crippen LogP contribution >= 0.6 is 0 Å². The molecule has 0 fully saturated rings. The monoisotopic (exact) mass is 403 g/mol. The lowest BCUT2D eigenvalue weighted by atomic mass is 10.1. The van der Waals surface area contributed by atoms with E-state index in [4.69, 9.17) is 0 Å². The van der Waals surface area contributed by atoms with E-state index in [-0.39, 0.29) is 16.1 Å². The highest BCUT2D eigenvalue weighted by Gasteiger charge is 2.48. The van der Waals surface area contributed by atoms with Crippen molar-refractivity contribution >= 4 is 15.7 Å². The van der Waals surface area contributed by atoms with Crippen molar-refractivity contribution in [2.75, 3.05) is 6.54 Å². The van der Waals surface area contributed by atoms with Gasteiger partial charge >= 0.3 is 6.18 Å². The van der Waals surface area contributed by atoms with Gasteiger partial charge in [0.2, 0.25) is 10.0 Å². The SMILES string of the molecule is CCN(C(c1ccc(F)cc1)C(F)(F)F)S(=O)(=O)c1ccn2nnnc2c1. The van der Waals surface area contributed by atoms with Gasteiger partial charge in [0.15, 0.2) is 5.65 Å². The third-order valence-corrected chi connectivity index (χ3v) is 5.81. The van der Waals surface area contributed by atoms with Gasteiger partial charge in [0.05, 0.1) is 4.90 Å². The van der Waals surface area contributed by atoms with E-state index < -0.39 is 34.6 Å². The van der Waals surface area contributed by atoms with E-state index in [1.165, 1.54) is 17.6 Å². The van der Waals surface area contributed by atoms with E-state index >= 15 is 0 Å². The van der Waals surface area contributed by atoms with Crippen molar-refractivity contribution < 1.29 is 26.0 Å². The lowest BCUT2D eigenvalue weighted by molar-refractivity contribution is -0.173. The van der Waals surface area contributed by atoms with Gasteiger partial charge < -0.3 is 0 Å². The number of hydrogen-bond donors (Lipinski definition) is 0. The second kappa shape index (κ2) is 6.85. The number of aromatic nitrogens is 4. The Morgan fingerprint density at radius 2 is 1.85 bits per heavy atom. The van der Waals surface area contributed by atoms with Crippen molar-refractivity contribution in [2.45, 2.75) is 24.0 Å². The average molecular weight is 403 g/mol. The molecule has 0 aliphatic heterocycles. The molecule has 27 heavy (non-hydrogen) atoms. The van der Waals surface area contributed by atoms with Crippen molar-refractivity contribution in [1.82, 2.24) is 24.3 Å². The fourth-order valence-corrected chi connectivity index (χ4v) is 4.29. The fraction of sp³-hybridized carbons (Fsp3) is 0.267. The molecule has 12 heteroatoms. The summed E-state index contributed by atoms with van der Waals surface area (Å²) in [5, 5.41) is 10.5. The van der Waals surface area contributed by atoms with Crippen LogP contribution in [0.1, 0.15) is 18.5 Å². The third kappa shape index (κ3) is 3.62. The smallest absolute Gasteiger partial charge is 0.207 e. The minimum absolute atomic E-state index is 0.0671. The van der Waals surface area contributed by atoms with Gasteiger partial charge in [-0.2, -0.15) is 17.5 Å². The van der Waals surface area contributed by atoms with Gasteiger partial charge in [-0.3, -0.25) is 0 Å². The highest BCUT2D eigenvalue weighted by atomic mass is 32.2. The number of hydrogen-bond acceptors (Lipinski definition) is 5. The van der Waals surface area contributed by atoms with E-state index in [1.54, 1.807) is 0 Å². The van der Waals surface area contributed by atoms with Crippen molar-refractivity contribution in [3.63, 3.8) is 0 Å². The van der Waals surface area contributed by atoms with Crippen LogP contribution in [0.5, 0.6) is 0 Å². The van der Waals surface area contributed by atoms with Gasteiger partial charge in [-0.15, -0.1) is 5.10 Å². The van der Waals surface area contributed by atoms with E-state index in [0.717, 1.165) is 36.4 Å². The summed E-state index contributed by atoms with van der Waals surface area (Å²) in [6.07, 6.45) is -3.68. The van der Waals surface area contributed by atoms with Crippen LogP contribution in [0.2, 0.25) is 0 Å². The fourth-order valence-electron chi connectivity index (χ4n) is 2.67. The molecule has 3 aromatic rings. The Morgan fingerprint density at radius 1 is 1.19 bits per heavy atom. The average Bonchev–Trinajstić information content (AvgIpc) is 3.07. The molecule has 0 saturated heterocycles. The van der Waals surface area contributed by atoms with E-state index in [9.17, 15) is 26.0 Å². The van der Waals surface area contributed by atoms with Gasteiger partial charge in [0.1, 0.15) is 11.9 Å². The molecular weight excluding hydrogens is 390 g/mol. The van der Waals surface area contributed by atoms with Crippen LogP contribution in [0.4, 0.5) is 17.6 Å². The summed E-state index contributed by atoms with van der Waals surface area (Å²) < 4.78 is 81.7. The summed E-state index contributed by atoms with van der Waals surface area (Å²) >= 11 is 0. The number of alkyl halides is 3. The van der Waals surface area contributed by atoms with Crippen LogP contribution in [0, 0.1) is 5.82 Å². The predicted octanol–water partition coefficient (Wildman–Crippen LogP) is 2.58. The summed E-state index contributed by atoms with van der Waals surface area (Å²) in [4.78, 5) is -0.386. The Labute approximate surface area is 151 Å². The van der Waals surface area contributed by atoms with Crippen LogP contribution in [0.15, 0.2) is 47.5 Å². The first-order valence-electron chi connectivity index (χ1n) is 7.66. The topological polar surface area (TPSA) is 80.5 Å². The summed E-state index contributed by atoms with van der Waals surface area (Å²) in [5.74, 6) is -0.727. The zero-order valence-electron chi connectivity index (χ0n) is 13.8. The van der Waals surface area contributed by atoms with Gasteiger partial charge in [0.25, 0.3) is 0 Å². The Kier molecular flexibility index (Phi) is 4.86. The minimum atomic E-state index is -4.92. The molecule has 0 aliphatic rings. The van der Waals surface area contributed by atoms with E-state index in [1.807, 2.05) is 0 Å². The van der Waals surface area contributed by atoms with Crippen LogP contribution in [0.25, 0.3) is 5.65 Å². The van der Waals surface area contributed by atoms with Crippen LogP contribution in [0.3, 0.4) is 0 Å². The minimum Gasteiger partial charge on any atom is -0.207 e. The Bertz CT molecular complexity index is 1050. The zero-order valence-corrected chi connectivity index (χ0v) is 14.6. The quantitative estimate of drug-likeness (QED) is 0.612. The Morgan fingerprint density at radius 3 is 2.44 bits per heavy atom. The normalized spacial score (nSPS) is 14.0. The number of fused-ring (bicyclic) bond motifs is 1. The molecule has 144 valence electrons. The molecule has 0 aliphatic carbocycles. The standard InChI is InChI=1S/C15H13F4N5O2S/c1-2-24(14(15(17,18)19)10-3-5-11(16)6-4-10)27(25,26)12-7-8-23-13(9-12)20-21-22-23/h3-9,14H,2H2,1H3. The number of pyridine rings is 1. The molecule has 2 aromatic heterocycles. The number of nitrogens with zero attached hydrogens (tertiary/aromatic N) is 5. The molecule has 0 spiro atoms. The third-order valence-electron chi connectivity index (χ3n) is 3.87. The van der Waals surface area contributed by atoms with E-state index in [0.29, 0.717) is 4.31 Å². The molecule has 7 nitrogen and oxygen atoms in total. The number of halogens is 4. The van der Waals surface area contributed by atoms with Gasteiger partial charge in [-0.1, -0.05) is 19.1 Å². The number of rotatable bonds is 5. The number of sulfonamides is 1. The number of benzene rings is 1. The first-order valence-corrected chi connectivity index (χ1v) is 9.10. The van der Waals surface area contributed by atoms with Gasteiger partial charge in [-0.05, 0) is 34.2 Å². The highest BCUT2D eigenvalue weighted by Crippen LogP contribution is 2.40. The van der Waals surface area contributed by atoms with Crippen LogP contribution in [-0.4, -0.2) is 45.5 Å². The van der Waals surface area contributed by atoms with E-state index in [2.05, 4.69) is 15.5 Å². The largest absolute Gasteiger partial charge is 0.409 e. The summed E-state index contributed by atoms with van der Waals surface area (Å²) in [6.45, 7) is 0.830. The van der Waals surface area contributed by atoms with Crippen molar-refractivity contribution in [2.24, 2.45) is 0 Å². The maximum absolute atomic E-state index is 13.8. The second-order valence-electron chi connectivity index (χ2n) is 5.55. The van der Waals surface area contributed by atoms with Gasteiger partial charge in [0, 0.05) is 18.8 Å². The first-order chi connectivity index (χ1) is 12.6. The first kappa shape index (κ1) is 19.2. The lowest BCUT2D eigenvalue weighted by Crippen LogP contribution is -2.42. The molecule has 0 amide bonds. The molecule has 3 rings (SSSR count). The second-order valence-corrected chi connectivity index (χ2v) is 7.44. The maximum atomic E-state index is 13.8. The Balaban J connectivity index is 2.11. The molecule has 0 bridgehead atoms. The van der Waals surface area contributed by atoms with Gasteiger partial charge in [-0.25, -0.2) is 17.3 Å². The molecule has 2 heterocycles. The number of tetrazole rings is 1. The summed E-state index contributed by atoms with van der Waals surface area (Å²) in [7, 11) is -4.55.